The zero-order valence-electron chi connectivity index (χ0n) is 14.0. The molecule has 1 rings (SSSR count). The van der Waals surface area contributed by atoms with Crippen molar-refractivity contribution in [1.82, 2.24) is 9.80 Å². The molecule has 0 unspecified atom stereocenters. The molecule has 1 fully saturated rings. The van der Waals surface area contributed by atoms with Crippen LogP contribution in [0.4, 0.5) is 4.79 Å². The number of carbonyl (C=O) groups excluding carboxylic acids is 3. The van der Waals surface area contributed by atoms with Crippen molar-refractivity contribution in [3.8, 4) is 0 Å². The van der Waals surface area contributed by atoms with Gasteiger partial charge in [0.05, 0.1) is 26.9 Å². The number of carbonyl (C=O) groups is 3. The van der Waals surface area contributed by atoms with E-state index in [2.05, 4.69) is 0 Å². The van der Waals surface area contributed by atoms with Crippen LogP contribution >= 0.6 is 0 Å². The second-order valence-corrected chi connectivity index (χ2v) is 5.91. The van der Waals surface area contributed by atoms with Gasteiger partial charge in [-0.15, -0.1) is 0 Å². The lowest BCUT2D eigenvalue weighted by molar-refractivity contribution is -0.138. The zero-order valence-corrected chi connectivity index (χ0v) is 14.0. The van der Waals surface area contributed by atoms with E-state index in [4.69, 9.17) is 14.2 Å². The Balaban J connectivity index is 3.06. The molecule has 1 aliphatic rings. The first-order chi connectivity index (χ1) is 10.8. The Morgan fingerprint density at radius 3 is 2.35 bits per heavy atom. The molecule has 0 aromatic carbocycles. The minimum atomic E-state index is -0.783. The van der Waals surface area contributed by atoms with Gasteiger partial charge in [-0.2, -0.15) is 0 Å². The highest BCUT2D eigenvalue weighted by Gasteiger charge is 2.29. The van der Waals surface area contributed by atoms with E-state index in [9.17, 15) is 14.4 Å². The van der Waals surface area contributed by atoms with E-state index in [1.165, 1.54) is 13.3 Å². The van der Waals surface area contributed by atoms with Crippen molar-refractivity contribution < 1.29 is 28.6 Å². The van der Waals surface area contributed by atoms with Crippen LogP contribution in [0.2, 0.25) is 0 Å². The van der Waals surface area contributed by atoms with E-state index >= 15 is 0 Å². The van der Waals surface area contributed by atoms with E-state index in [-0.39, 0.29) is 12.2 Å². The maximum absolute atomic E-state index is 12.3. The predicted molar refractivity (Wildman–Crippen MR) is 81.5 cm³/mol. The Hall–Kier alpha value is -2.09. The molecule has 130 valence electrons. The van der Waals surface area contributed by atoms with Gasteiger partial charge in [0.2, 0.25) is 0 Å². The zero-order chi connectivity index (χ0) is 17.5. The summed E-state index contributed by atoms with van der Waals surface area (Å²) in [6.45, 7) is 6.98. The lowest BCUT2D eigenvalue weighted by atomic mass is 10.2. The molecule has 0 spiro atoms. The van der Waals surface area contributed by atoms with Crippen molar-refractivity contribution in [2.45, 2.75) is 26.4 Å². The smallest absolute Gasteiger partial charge is 0.415 e. The average Bonchev–Trinajstić information content (AvgIpc) is 2.49. The van der Waals surface area contributed by atoms with E-state index < -0.39 is 17.7 Å². The van der Waals surface area contributed by atoms with Gasteiger partial charge in [0.15, 0.2) is 0 Å². The Bertz CT molecular complexity index is 463. The van der Waals surface area contributed by atoms with Crippen molar-refractivity contribution >= 4 is 18.3 Å². The van der Waals surface area contributed by atoms with Gasteiger partial charge < -0.3 is 23.9 Å². The number of amides is 1. The number of methoxy groups -OCH3 is 1. The van der Waals surface area contributed by atoms with Crippen molar-refractivity contribution in [1.29, 1.82) is 0 Å². The molecule has 0 atom stereocenters. The SMILES string of the molecule is COC(=O)/C(=C/N1CCOCC1)N(CC=O)C(=O)OC(C)(C)C. The third-order valence-electron chi connectivity index (χ3n) is 2.91. The molecule has 23 heavy (non-hydrogen) atoms. The Kier molecular flexibility index (Phi) is 7.02. The van der Waals surface area contributed by atoms with Crippen LogP contribution in [-0.4, -0.2) is 73.7 Å². The second-order valence-electron chi connectivity index (χ2n) is 5.91. The molecule has 1 aliphatic heterocycles. The second kappa shape index (κ2) is 8.52. The molecular formula is C15H24N2O6. The average molecular weight is 328 g/mol. The molecule has 0 aromatic heterocycles. The maximum atomic E-state index is 12.3. The summed E-state index contributed by atoms with van der Waals surface area (Å²) in [6.07, 6.45) is 1.25. The van der Waals surface area contributed by atoms with E-state index in [0.29, 0.717) is 32.6 Å². The van der Waals surface area contributed by atoms with Crippen LogP contribution in [0.1, 0.15) is 20.8 Å². The first-order valence-electron chi connectivity index (χ1n) is 7.34. The van der Waals surface area contributed by atoms with Crippen LogP contribution in [0, 0.1) is 0 Å². The summed E-state index contributed by atoms with van der Waals surface area (Å²) in [4.78, 5) is 38.1. The number of ether oxygens (including phenoxy) is 3. The summed E-state index contributed by atoms with van der Waals surface area (Å²) in [6, 6.07) is 0. The minimum absolute atomic E-state index is 0.0456. The molecule has 0 saturated carbocycles. The van der Waals surface area contributed by atoms with E-state index in [1.54, 1.807) is 20.8 Å². The van der Waals surface area contributed by atoms with Gasteiger partial charge in [0.1, 0.15) is 17.6 Å². The Morgan fingerprint density at radius 2 is 1.87 bits per heavy atom. The Labute approximate surface area is 135 Å². The number of esters is 1. The van der Waals surface area contributed by atoms with Crippen LogP contribution in [0.15, 0.2) is 11.9 Å². The van der Waals surface area contributed by atoms with Crippen molar-refractivity contribution in [3.63, 3.8) is 0 Å². The topological polar surface area (TPSA) is 85.4 Å². The van der Waals surface area contributed by atoms with Crippen molar-refractivity contribution in [2.24, 2.45) is 0 Å². The van der Waals surface area contributed by atoms with Crippen LogP contribution in [0.5, 0.6) is 0 Å². The molecule has 8 heteroatoms. The molecular weight excluding hydrogens is 304 g/mol. The largest absolute Gasteiger partial charge is 0.464 e. The fourth-order valence-corrected chi connectivity index (χ4v) is 1.88. The fourth-order valence-electron chi connectivity index (χ4n) is 1.88. The molecule has 1 heterocycles. The number of aldehydes is 1. The van der Waals surface area contributed by atoms with Crippen LogP contribution in [0.3, 0.4) is 0 Å². The highest BCUT2D eigenvalue weighted by Crippen LogP contribution is 2.15. The molecule has 0 bridgehead atoms. The van der Waals surface area contributed by atoms with Gasteiger partial charge in [-0.1, -0.05) is 0 Å². The first-order valence-corrected chi connectivity index (χ1v) is 7.34. The highest BCUT2D eigenvalue weighted by molar-refractivity contribution is 5.93. The summed E-state index contributed by atoms with van der Waals surface area (Å²) >= 11 is 0. The van der Waals surface area contributed by atoms with Crippen LogP contribution < -0.4 is 0 Å². The van der Waals surface area contributed by atoms with Crippen molar-refractivity contribution in [3.05, 3.63) is 11.9 Å². The summed E-state index contributed by atoms with van der Waals surface area (Å²) in [7, 11) is 1.21. The molecule has 1 saturated heterocycles. The predicted octanol–water partition coefficient (Wildman–Crippen LogP) is 0.769. The molecule has 0 N–H and O–H groups in total. The molecule has 0 aromatic rings. The minimum Gasteiger partial charge on any atom is -0.464 e. The normalized spacial score (nSPS) is 15.8. The molecule has 1 amide bonds. The monoisotopic (exact) mass is 328 g/mol. The number of hydrogen-bond acceptors (Lipinski definition) is 7. The van der Waals surface area contributed by atoms with E-state index in [1.807, 2.05) is 4.90 Å². The van der Waals surface area contributed by atoms with Gasteiger partial charge >= 0.3 is 12.1 Å². The van der Waals surface area contributed by atoms with E-state index in [0.717, 1.165) is 4.90 Å². The lowest BCUT2D eigenvalue weighted by Gasteiger charge is -2.30. The number of morpholine rings is 1. The van der Waals surface area contributed by atoms with Gasteiger partial charge in [-0.25, -0.2) is 9.59 Å². The van der Waals surface area contributed by atoms with Gasteiger partial charge in [0.25, 0.3) is 0 Å². The summed E-state index contributed by atoms with van der Waals surface area (Å²) in [5.41, 5.74) is -0.797. The maximum Gasteiger partial charge on any atom is 0.415 e. The van der Waals surface area contributed by atoms with Gasteiger partial charge in [-0.05, 0) is 20.8 Å². The Morgan fingerprint density at radius 1 is 1.26 bits per heavy atom. The standard InChI is InChI=1S/C15H24N2O6/c1-15(2,3)23-14(20)17(5-8-18)12(13(19)21-4)11-16-6-9-22-10-7-16/h8,11H,5-7,9-10H2,1-4H3/b12-11-. The van der Waals surface area contributed by atoms with Crippen molar-refractivity contribution in [2.75, 3.05) is 40.0 Å². The van der Waals surface area contributed by atoms with Gasteiger partial charge in [0, 0.05) is 19.3 Å². The molecule has 8 nitrogen and oxygen atoms in total. The quantitative estimate of drug-likeness (QED) is 0.418. The first kappa shape index (κ1) is 19.0. The number of hydrogen-bond donors (Lipinski definition) is 0. The third kappa shape index (κ3) is 6.27. The summed E-state index contributed by atoms with van der Waals surface area (Å²) in [5.74, 6) is -0.718. The summed E-state index contributed by atoms with van der Waals surface area (Å²) < 4.78 is 15.2. The molecule has 0 aliphatic carbocycles. The van der Waals surface area contributed by atoms with Crippen LogP contribution in [-0.2, 0) is 23.8 Å². The number of rotatable bonds is 5. The van der Waals surface area contributed by atoms with Gasteiger partial charge in [-0.3, -0.25) is 4.90 Å². The number of nitrogens with zero attached hydrogens (tertiary/aromatic N) is 2. The molecule has 0 radical (unpaired) electrons. The third-order valence-corrected chi connectivity index (χ3v) is 2.91. The highest BCUT2D eigenvalue weighted by atomic mass is 16.6. The van der Waals surface area contributed by atoms with Crippen LogP contribution in [0.25, 0.3) is 0 Å². The lowest BCUT2D eigenvalue weighted by Crippen LogP contribution is -2.41. The summed E-state index contributed by atoms with van der Waals surface area (Å²) in [5, 5.41) is 0. The fraction of sp³-hybridized carbons (Fsp3) is 0.667.